The molecule has 0 aliphatic carbocycles. The van der Waals surface area contributed by atoms with Crippen LogP contribution in [0.15, 0.2) is 5.16 Å². The molecule has 1 fully saturated rings. The van der Waals surface area contributed by atoms with Gasteiger partial charge in [-0.15, -0.1) is 0 Å². The van der Waals surface area contributed by atoms with Crippen molar-refractivity contribution in [1.82, 2.24) is 4.90 Å². The molecule has 0 aromatic rings. The van der Waals surface area contributed by atoms with Gasteiger partial charge in [-0.1, -0.05) is 32.9 Å². The maximum Gasteiger partial charge on any atom is 0.144 e. The van der Waals surface area contributed by atoms with Crippen LogP contribution in [0.5, 0.6) is 0 Å². The summed E-state index contributed by atoms with van der Waals surface area (Å²) in [4.78, 5) is 2.55. The van der Waals surface area contributed by atoms with Crippen molar-refractivity contribution in [3.05, 3.63) is 0 Å². The summed E-state index contributed by atoms with van der Waals surface area (Å²) in [6.07, 6.45) is 2.24. The Morgan fingerprint density at radius 2 is 2.00 bits per heavy atom. The first-order chi connectivity index (χ1) is 8.27. The maximum atomic E-state index is 8.79. The van der Waals surface area contributed by atoms with Crippen molar-refractivity contribution in [2.75, 3.05) is 13.1 Å². The molecule has 3 N–H and O–H groups in total. The van der Waals surface area contributed by atoms with Crippen LogP contribution in [0.25, 0.3) is 0 Å². The minimum Gasteiger partial charge on any atom is -0.409 e. The summed E-state index contributed by atoms with van der Waals surface area (Å²) in [5, 5.41) is 11.9. The van der Waals surface area contributed by atoms with Crippen LogP contribution < -0.4 is 5.73 Å². The Kier molecular flexibility index (Phi) is 5.02. The Labute approximate surface area is 111 Å². The van der Waals surface area contributed by atoms with Gasteiger partial charge in [-0.3, -0.25) is 0 Å². The average molecular weight is 255 g/mol. The largest absolute Gasteiger partial charge is 0.409 e. The van der Waals surface area contributed by atoms with Crippen LogP contribution in [0.2, 0.25) is 0 Å². The van der Waals surface area contributed by atoms with E-state index in [1.165, 1.54) is 6.42 Å². The van der Waals surface area contributed by atoms with Crippen molar-refractivity contribution in [3.63, 3.8) is 0 Å². The standard InChI is InChI=1S/C14H29N3O/c1-10-8-11(2)12(3)17(9-10)7-6-14(4,5)13(15)16-18/h10-12,18H,6-9H2,1-5H3,(H2,15,16). The number of piperidine rings is 1. The second-order valence-electron chi connectivity index (χ2n) is 6.67. The normalized spacial score (nSPS) is 31.6. The highest BCUT2D eigenvalue weighted by atomic mass is 16.4. The molecule has 1 rings (SSSR count). The van der Waals surface area contributed by atoms with Gasteiger partial charge in [0.15, 0.2) is 0 Å². The number of nitrogens with zero attached hydrogens (tertiary/aromatic N) is 2. The third-order valence-electron chi connectivity index (χ3n) is 4.54. The highest BCUT2D eigenvalue weighted by Gasteiger charge is 2.31. The van der Waals surface area contributed by atoms with E-state index in [9.17, 15) is 0 Å². The zero-order valence-electron chi connectivity index (χ0n) is 12.5. The third kappa shape index (κ3) is 3.61. The quantitative estimate of drug-likeness (QED) is 0.351. The van der Waals surface area contributed by atoms with Crippen LogP contribution in [0, 0.1) is 17.3 Å². The van der Waals surface area contributed by atoms with Gasteiger partial charge in [0.1, 0.15) is 5.84 Å². The minimum atomic E-state index is -0.238. The predicted molar refractivity (Wildman–Crippen MR) is 75.8 cm³/mol. The summed E-state index contributed by atoms with van der Waals surface area (Å²) in [5.41, 5.74) is 5.50. The van der Waals surface area contributed by atoms with Gasteiger partial charge in [0.2, 0.25) is 0 Å². The van der Waals surface area contributed by atoms with Crippen LogP contribution in [0.3, 0.4) is 0 Å². The van der Waals surface area contributed by atoms with E-state index in [0.29, 0.717) is 11.9 Å². The first kappa shape index (κ1) is 15.3. The average Bonchev–Trinajstić information content (AvgIpc) is 2.30. The molecule has 0 spiro atoms. The van der Waals surface area contributed by atoms with Gasteiger partial charge in [-0.05, 0) is 38.1 Å². The molecule has 1 aliphatic heterocycles. The molecule has 3 atom stereocenters. The second kappa shape index (κ2) is 5.91. The summed E-state index contributed by atoms with van der Waals surface area (Å²) in [6, 6.07) is 0.629. The molecular weight excluding hydrogens is 226 g/mol. The van der Waals surface area contributed by atoms with Crippen molar-refractivity contribution in [1.29, 1.82) is 0 Å². The van der Waals surface area contributed by atoms with Crippen molar-refractivity contribution < 1.29 is 5.21 Å². The van der Waals surface area contributed by atoms with Crippen molar-refractivity contribution in [2.24, 2.45) is 28.1 Å². The molecular formula is C14H29N3O. The number of oxime groups is 1. The SMILES string of the molecule is CC1CC(C)C(C)N(CCC(C)(C)C(N)=NO)C1. The van der Waals surface area contributed by atoms with E-state index in [1.54, 1.807) is 0 Å². The predicted octanol–water partition coefficient (Wildman–Crippen LogP) is 2.52. The molecule has 0 aromatic heterocycles. The molecule has 0 radical (unpaired) electrons. The first-order valence-corrected chi connectivity index (χ1v) is 7.00. The fourth-order valence-corrected chi connectivity index (χ4v) is 2.81. The summed E-state index contributed by atoms with van der Waals surface area (Å²) >= 11 is 0. The summed E-state index contributed by atoms with van der Waals surface area (Å²) in [7, 11) is 0. The Morgan fingerprint density at radius 3 is 2.56 bits per heavy atom. The molecule has 1 heterocycles. The number of hydrogen-bond donors (Lipinski definition) is 2. The van der Waals surface area contributed by atoms with Gasteiger partial charge in [0, 0.05) is 18.0 Å². The van der Waals surface area contributed by atoms with E-state index in [4.69, 9.17) is 10.9 Å². The highest BCUT2D eigenvalue weighted by Crippen LogP contribution is 2.29. The van der Waals surface area contributed by atoms with Crippen LogP contribution in [-0.4, -0.2) is 35.1 Å². The second-order valence-corrected chi connectivity index (χ2v) is 6.67. The Hall–Kier alpha value is -0.770. The smallest absolute Gasteiger partial charge is 0.144 e. The first-order valence-electron chi connectivity index (χ1n) is 7.00. The maximum absolute atomic E-state index is 8.79. The molecule has 0 aromatic carbocycles. The van der Waals surface area contributed by atoms with E-state index in [2.05, 4.69) is 30.8 Å². The molecule has 0 amide bonds. The molecule has 1 aliphatic rings. The van der Waals surface area contributed by atoms with E-state index >= 15 is 0 Å². The summed E-state index contributed by atoms with van der Waals surface area (Å²) in [5.74, 6) is 1.84. The van der Waals surface area contributed by atoms with Crippen LogP contribution in [-0.2, 0) is 0 Å². The lowest BCUT2D eigenvalue weighted by Crippen LogP contribution is -2.47. The fraction of sp³-hybridized carbons (Fsp3) is 0.929. The molecule has 0 saturated carbocycles. The molecule has 4 heteroatoms. The number of likely N-dealkylation sites (tertiary alicyclic amines) is 1. The van der Waals surface area contributed by atoms with E-state index in [-0.39, 0.29) is 5.41 Å². The summed E-state index contributed by atoms with van der Waals surface area (Å²) < 4.78 is 0. The van der Waals surface area contributed by atoms with Gasteiger partial charge in [0.25, 0.3) is 0 Å². The molecule has 3 unspecified atom stereocenters. The molecule has 18 heavy (non-hydrogen) atoms. The highest BCUT2D eigenvalue weighted by molar-refractivity contribution is 5.85. The lowest BCUT2D eigenvalue weighted by atomic mass is 9.83. The lowest BCUT2D eigenvalue weighted by Gasteiger charge is -2.42. The Balaban J connectivity index is 2.57. The van der Waals surface area contributed by atoms with E-state index in [1.807, 2.05) is 13.8 Å². The monoisotopic (exact) mass is 255 g/mol. The van der Waals surface area contributed by atoms with Crippen LogP contribution >= 0.6 is 0 Å². The van der Waals surface area contributed by atoms with Gasteiger partial charge < -0.3 is 15.8 Å². The fourth-order valence-electron chi connectivity index (χ4n) is 2.81. The molecule has 1 saturated heterocycles. The van der Waals surface area contributed by atoms with E-state index < -0.39 is 0 Å². The molecule has 0 bridgehead atoms. The number of amidine groups is 1. The number of hydrogen-bond acceptors (Lipinski definition) is 3. The Bertz CT molecular complexity index is 301. The molecule has 4 nitrogen and oxygen atoms in total. The van der Waals surface area contributed by atoms with Gasteiger partial charge >= 0.3 is 0 Å². The zero-order chi connectivity index (χ0) is 13.9. The van der Waals surface area contributed by atoms with Crippen molar-refractivity contribution in [3.8, 4) is 0 Å². The zero-order valence-corrected chi connectivity index (χ0v) is 12.5. The number of nitrogens with two attached hydrogens (primary N) is 1. The van der Waals surface area contributed by atoms with Gasteiger partial charge in [0.05, 0.1) is 0 Å². The lowest BCUT2D eigenvalue weighted by molar-refractivity contribution is 0.0725. The van der Waals surface area contributed by atoms with Crippen molar-refractivity contribution in [2.45, 2.75) is 53.5 Å². The van der Waals surface area contributed by atoms with Crippen molar-refractivity contribution >= 4 is 5.84 Å². The van der Waals surface area contributed by atoms with Crippen LogP contribution in [0.4, 0.5) is 0 Å². The summed E-state index contributed by atoms with van der Waals surface area (Å²) in [6.45, 7) is 13.2. The van der Waals surface area contributed by atoms with E-state index in [0.717, 1.165) is 31.3 Å². The molecule has 106 valence electrons. The topological polar surface area (TPSA) is 61.8 Å². The Morgan fingerprint density at radius 1 is 1.39 bits per heavy atom. The van der Waals surface area contributed by atoms with Gasteiger partial charge in [-0.25, -0.2) is 0 Å². The van der Waals surface area contributed by atoms with Crippen LogP contribution in [0.1, 0.15) is 47.5 Å². The minimum absolute atomic E-state index is 0.238. The third-order valence-corrected chi connectivity index (χ3v) is 4.54. The van der Waals surface area contributed by atoms with Gasteiger partial charge in [-0.2, -0.15) is 0 Å². The number of rotatable bonds is 4.